The maximum atomic E-state index is 6.12. The van der Waals surface area contributed by atoms with Crippen LogP contribution in [-0.2, 0) is 12.8 Å². The van der Waals surface area contributed by atoms with Crippen molar-refractivity contribution in [3.63, 3.8) is 0 Å². The number of hydrogen-bond donors (Lipinski definition) is 1. The number of aryl methyl sites for hydroxylation is 2. The van der Waals surface area contributed by atoms with Crippen LogP contribution in [0.2, 0.25) is 0 Å². The van der Waals surface area contributed by atoms with Crippen LogP contribution >= 0.6 is 11.8 Å². The van der Waals surface area contributed by atoms with E-state index in [-0.39, 0.29) is 0 Å². The zero-order valence-corrected chi connectivity index (χ0v) is 10.5. The molecule has 17 heavy (non-hydrogen) atoms. The Hall–Kier alpha value is -1.41. The van der Waals surface area contributed by atoms with Gasteiger partial charge < -0.3 is 5.73 Å². The van der Waals surface area contributed by atoms with Gasteiger partial charge in [-0.15, -0.1) is 0 Å². The fraction of sp³-hybridized carbons (Fsp3) is 0.200. The van der Waals surface area contributed by atoms with E-state index < -0.39 is 0 Å². The third-order valence-corrected chi connectivity index (χ3v) is 4.28. The normalized spacial score (nSPS) is 13.6. The zero-order valence-electron chi connectivity index (χ0n) is 9.65. The lowest BCUT2D eigenvalue weighted by atomic mass is 10.1. The molecule has 0 radical (unpaired) electrons. The van der Waals surface area contributed by atoms with Crippen molar-refractivity contribution in [2.24, 2.45) is 0 Å². The molecule has 2 aromatic rings. The Kier molecular flexibility index (Phi) is 2.81. The summed E-state index contributed by atoms with van der Waals surface area (Å²) >= 11 is 1.76. The van der Waals surface area contributed by atoms with Crippen LogP contribution in [-0.4, -0.2) is 0 Å². The Morgan fingerprint density at radius 1 is 0.941 bits per heavy atom. The molecule has 86 valence electrons. The highest BCUT2D eigenvalue weighted by Gasteiger charge is 2.13. The number of fused-ring (bicyclic) bond motifs is 1. The standard InChI is InChI=1S/C15H15NS/c16-14-9-11-5-4-6-12(11)10-15(14)17-13-7-2-1-3-8-13/h1-3,7-10H,4-6,16H2. The highest BCUT2D eigenvalue weighted by atomic mass is 32.2. The van der Waals surface area contributed by atoms with Crippen LogP contribution in [0.1, 0.15) is 17.5 Å². The van der Waals surface area contributed by atoms with Crippen molar-refractivity contribution < 1.29 is 0 Å². The minimum Gasteiger partial charge on any atom is -0.398 e. The van der Waals surface area contributed by atoms with Crippen LogP contribution in [0, 0.1) is 0 Å². The van der Waals surface area contributed by atoms with Gasteiger partial charge in [0.15, 0.2) is 0 Å². The second-order valence-corrected chi connectivity index (χ2v) is 5.54. The van der Waals surface area contributed by atoms with E-state index in [1.807, 2.05) is 6.07 Å². The first-order valence-corrected chi connectivity index (χ1v) is 6.79. The first-order chi connectivity index (χ1) is 8.33. The van der Waals surface area contributed by atoms with E-state index in [1.54, 1.807) is 11.8 Å². The minimum absolute atomic E-state index is 0.916. The van der Waals surface area contributed by atoms with Gasteiger partial charge in [-0.3, -0.25) is 0 Å². The van der Waals surface area contributed by atoms with Gasteiger partial charge in [0, 0.05) is 15.5 Å². The van der Waals surface area contributed by atoms with Gasteiger partial charge in [0.2, 0.25) is 0 Å². The molecule has 0 spiro atoms. The smallest absolute Gasteiger partial charge is 0.0458 e. The van der Waals surface area contributed by atoms with E-state index in [4.69, 9.17) is 5.73 Å². The van der Waals surface area contributed by atoms with Gasteiger partial charge in [0.25, 0.3) is 0 Å². The predicted octanol–water partition coefficient (Wildman–Crippen LogP) is 3.91. The van der Waals surface area contributed by atoms with Crippen molar-refractivity contribution in [1.29, 1.82) is 0 Å². The second kappa shape index (κ2) is 4.46. The highest BCUT2D eigenvalue weighted by molar-refractivity contribution is 7.99. The van der Waals surface area contributed by atoms with Crippen molar-refractivity contribution in [3.05, 3.63) is 53.6 Å². The van der Waals surface area contributed by atoms with E-state index in [1.165, 1.54) is 40.2 Å². The van der Waals surface area contributed by atoms with Gasteiger partial charge in [0.1, 0.15) is 0 Å². The molecule has 0 amide bonds. The number of anilines is 1. The minimum atomic E-state index is 0.916. The van der Waals surface area contributed by atoms with Gasteiger partial charge >= 0.3 is 0 Å². The van der Waals surface area contributed by atoms with E-state index >= 15 is 0 Å². The van der Waals surface area contributed by atoms with E-state index in [2.05, 4.69) is 36.4 Å². The lowest BCUT2D eigenvalue weighted by Crippen LogP contribution is -1.92. The van der Waals surface area contributed by atoms with Crippen LogP contribution in [0.5, 0.6) is 0 Å². The molecule has 0 bridgehead atoms. The summed E-state index contributed by atoms with van der Waals surface area (Å²) in [6.07, 6.45) is 3.67. The molecule has 0 aliphatic heterocycles. The van der Waals surface area contributed by atoms with Crippen LogP contribution in [0.15, 0.2) is 52.3 Å². The Morgan fingerprint density at radius 3 is 2.41 bits per heavy atom. The summed E-state index contributed by atoms with van der Waals surface area (Å²) in [7, 11) is 0. The molecule has 0 saturated heterocycles. The maximum Gasteiger partial charge on any atom is 0.0458 e. The Balaban J connectivity index is 1.93. The average Bonchev–Trinajstić information content (AvgIpc) is 2.78. The SMILES string of the molecule is Nc1cc2c(cc1Sc1ccccc1)CCC2. The predicted molar refractivity (Wildman–Crippen MR) is 73.4 cm³/mol. The maximum absolute atomic E-state index is 6.12. The number of rotatable bonds is 2. The molecular formula is C15H15NS. The summed E-state index contributed by atoms with van der Waals surface area (Å²) in [6.45, 7) is 0. The molecule has 1 aliphatic carbocycles. The molecule has 1 aliphatic rings. The quantitative estimate of drug-likeness (QED) is 0.807. The molecular weight excluding hydrogens is 226 g/mol. The molecule has 0 atom stereocenters. The molecule has 3 rings (SSSR count). The first kappa shape index (κ1) is 10.7. The lowest BCUT2D eigenvalue weighted by Gasteiger charge is -2.08. The molecule has 1 nitrogen and oxygen atoms in total. The highest BCUT2D eigenvalue weighted by Crippen LogP contribution is 2.36. The first-order valence-electron chi connectivity index (χ1n) is 5.97. The van der Waals surface area contributed by atoms with Gasteiger partial charge in [-0.2, -0.15) is 0 Å². The summed E-state index contributed by atoms with van der Waals surface area (Å²) < 4.78 is 0. The Labute approximate surface area is 106 Å². The van der Waals surface area contributed by atoms with E-state index in [0.717, 1.165) is 5.69 Å². The molecule has 0 heterocycles. The summed E-state index contributed by atoms with van der Waals surface area (Å²) in [5, 5.41) is 0. The molecule has 0 fully saturated rings. The van der Waals surface area contributed by atoms with Crippen molar-refractivity contribution in [2.45, 2.75) is 29.1 Å². The summed E-state index contributed by atoms with van der Waals surface area (Å²) in [5.41, 5.74) is 9.97. The van der Waals surface area contributed by atoms with Crippen LogP contribution < -0.4 is 5.73 Å². The van der Waals surface area contributed by atoms with Crippen LogP contribution in [0.3, 0.4) is 0 Å². The lowest BCUT2D eigenvalue weighted by molar-refractivity contribution is 0.911. The zero-order chi connectivity index (χ0) is 11.7. The molecule has 2 N–H and O–H groups in total. The monoisotopic (exact) mass is 241 g/mol. The van der Waals surface area contributed by atoms with Gasteiger partial charge in [-0.25, -0.2) is 0 Å². The third kappa shape index (κ3) is 2.18. The fourth-order valence-corrected chi connectivity index (χ4v) is 3.25. The molecule has 2 aromatic carbocycles. The Bertz CT molecular complexity index is 534. The van der Waals surface area contributed by atoms with Crippen molar-refractivity contribution in [2.75, 3.05) is 5.73 Å². The number of nitrogens with two attached hydrogens (primary N) is 1. The van der Waals surface area contributed by atoms with Crippen molar-refractivity contribution in [3.8, 4) is 0 Å². The molecule has 0 saturated carbocycles. The number of nitrogen functional groups attached to an aromatic ring is 1. The number of benzene rings is 2. The fourth-order valence-electron chi connectivity index (χ4n) is 2.32. The van der Waals surface area contributed by atoms with Gasteiger partial charge in [-0.05, 0) is 54.7 Å². The average molecular weight is 241 g/mol. The topological polar surface area (TPSA) is 26.0 Å². The number of hydrogen-bond acceptors (Lipinski definition) is 2. The summed E-state index contributed by atoms with van der Waals surface area (Å²) in [5.74, 6) is 0. The summed E-state index contributed by atoms with van der Waals surface area (Å²) in [6, 6.07) is 14.8. The third-order valence-electron chi connectivity index (χ3n) is 3.20. The Morgan fingerprint density at radius 2 is 1.65 bits per heavy atom. The summed E-state index contributed by atoms with van der Waals surface area (Å²) in [4.78, 5) is 2.44. The molecule has 0 aromatic heterocycles. The molecule has 0 unspecified atom stereocenters. The second-order valence-electron chi connectivity index (χ2n) is 4.43. The van der Waals surface area contributed by atoms with Gasteiger partial charge in [0.05, 0.1) is 0 Å². The van der Waals surface area contributed by atoms with Crippen LogP contribution in [0.4, 0.5) is 5.69 Å². The largest absolute Gasteiger partial charge is 0.398 e. The van der Waals surface area contributed by atoms with Gasteiger partial charge in [-0.1, -0.05) is 30.0 Å². The van der Waals surface area contributed by atoms with E-state index in [0.29, 0.717) is 0 Å². The molecule has 2 heteroatoms. The van der Waals surface area contributed by atoms with Crippen molar-refractivity contribution >= 4 is 17.4 Å². The van der Waals surface area contributed by atoms with Crippen LogP contribution in [0.25, 0.3) is 0 Å². The van der Waals surface area contributed by atoms with Crippen molar-refractivity contribution in [1.82, 2.24) is 0 Å². The van der Waals surface area contributed by atoms with E-state index in [9.17, 15) is 0 Å².